The number of sulfonamides is 1. The second kappa shape index (κ2) is 5.88. The number of nitrogens with one attached hydrogen (secondary N) is 1. The molecule has 4 fully saturated rings. The molecule has 0 aromatic heterocycles. The van der Waals surface area contributed by atoms with Crippen LogP contribution in [0.2, 0.25) is 0 Å². The van der Waals surface area contributed by atoms with Crippen molar-refractivity contribution in [2.24, 2.45) is 23.7 Å². The molecule has 4 aliphatic carbocycles. The lowest BCUT2D eigenvalue weighted by atomic mass is 9.54. The third-order valence-electron chi connectivity index (χ3n) is 5.56. The number of carbonyl (C=O) groups excluding carboxylic acids is 1. The molecule has 5 nitrogen and oxygen atoms in total. The van der Waals surface area contributed by atoms with Gasteiger partial charge in [-0.2, -0.15) is 0 Å². The van der Waals surface area contributed by atoms with Crippen molar-refractivity contribution in [3.05, 3.63) is 0 Å². The third-order valence-corrected chi connectivity index (χ3v) is 7.02. The molecule has 0 saturated heterocycles. The minimum Gasteiger partial charge on any atom is -0.469 e. The molecule has 0 aromatic carbocycles. The van der Waals surface area contributed by atoms with Crippen LogP contribution in [-0.4, -0.2) is 33.3 Å². The van der Waals surface area contributed by atoms with E-state index in [0.717, 1.165) is 11.8 Å². The largest absolute Gasteiger partial charge is 0.469 e. The summed E-state index contributed by atoms with van der Waals surface area (Å²) in [4.78, 5) is 11.1. The number of hydrogen-bond donors (Lipinski definition) is 1. The maximum Gasteiger partial charge on any atom is 0.305 e. The molecule has 4 rings (SSSR count). The van der Waals surface area contributed by atoms with Crippen molar-refractivity contribution in [3.63, 3.8) is 0 Å². The summed E-state index contributed by atoms with van der Waals surface area (Å²) in [6.07, 6.45) is 6.65. The van der Waals surface area contributed by atoms with Gasteiger partial charge in [0.25, 0.3) is 0 Å². The van der Waals surface area contributed by atoms with Gasteiger partial charge in [0, 0.05) is 12.5 Å². The Kier molecular flexibility index (Phi) is 4.28. The highest BCUT2D eigenvalue weighted by atomic mass is 32.2. The van der Waals surface area contributed by atoms with Gasteiger partial charge in [0.1, 0.15) is 0 Å². The Hall–Kier alpha value is -0.620. The van der Waals surface area contributed by atoms with E-state index in [-0.39, 0.29) is 24.2 Å². The van der Waals surface area contributed by atoms with Gasteiger partial charge in [-0.25, -0.2) is 13.1 Å². The summed E-state index contributed by atoms with van der Waals surface area (Å²) >= 11 is 0. The van der Waals surface area contributed by atoms with Gasteiger partial charge in [-0.15, -0.1) is 0 Å². The van der Waals surface area contributed by atoms with Crippen molar-refractivity contribution in [2.75, 3.05) is 12.9 Å². The minimum atomic E-state index is -3.29. The number of esters is 1. The molecule has 0 aromatic rings. The SMILES string of the molecule is COC(=O)CCCS(=O)(=O)NC1C2CC3CC(C2)CC1C3. The van der Waals surface area contributed by atoms with Crippen molar-refractivity contribution in [3.8, 4) is 0 Å². The van der Waals surface area contributed by atoms with E-state index in [9.17, 15) is 13.2 Å². The lowest BCUT2D eigenvalue weighted by Crippen LogP contribution is -2.56. The Morgan fingerprint density at radius 1 is 1.10 bits per heavy atom. The first kappa shape index (κ1) is 15.3. The fourth-order valence-corrected chi connectivity index (χ4v) is 6.33. The zero-order valence-electron chi connectivity index (χ0n) is 12.6. The minimum absolute atomic E-state index is 0.0187. The van der Waals surface area contributed by atoms with Crippen LogP contribution in [0.5, 0.6) is 0 Å². The highest BCUT2D eigenvalue weighted by molar-refractivity contribution is 7.89. The summed E-state index contributed by atoms with van der Waals surface area (Å²) in [5, 5.41) is 0. The van der Waals surface area contributed by atoms with Gasteiger partial charge in [0.05, 0.1) is 12.9 Å². The Morgan fingerprint density at radius 3 is 2.19 bits per heavy atom. The molecule has 0 amide bonds. The van der Waals surface area contributed by atoms with Crippen LogP contribution in [0.3, 0.4) is 0 Å². The van der Waals surface area contributed by atoms with Crippen LogP contribution in [0.15, 0.2) is 0 Å². The molecular formula is C15H25NO4S. The molecule has 21 heavy (non-hydrogen) atoms. The van der Waals surface area contributed by atoms with E-state index in [1.54, 1.807) is 0 Å². The highest BCUT2D eigenvalue weighted by Crippen LogP contribution is 2.53. The maximum absolute atomic E-state index is 12.2. The normalized spacial score (nSPS) is 37.7. The molecule has 0 heterocycles. The van der Waals surface area contributed by atoms with E-state index in [1.165, 1.54) is 39.2 Å². The molecular weight excluding hydrogens is 290 g/mol. The van der Waals surface area contributed by atoms with E-state index >= 15 is 0 Å². The summed E-state index contributed by atoms with van der Waals surface area (Å²) in [5.74, 6) is 2.43. The van der Waals surface area contributed by atoms with Crippen LogP contribution in [0.4, 0.5) is 0 Å². The van der Waals surface area contributed by atoms with Gasteiger partial charge < -0.3 is 4.74 Å². The smallest absolute Gasteiger partial charge is 0.305 e. The molecule has 6 heteroatoms. The van der Waals surface area contributed by atoms with Gasteiger partial charge in [-0.1, -0.05) is 0 Å². The maximum atomic E-state index is 12.2. The van der Waals surface area contributed by atoms with Gasteiger partial charge in [0.15, 0.2) is 0 Å². The van der Waals surface area contributed by atoms with Crippen molar-refractivity contribution in [1.29, 1.82) is 0 Å². The molecule has 0 unspecified atom stereocenters. The molecule has 0 spiro atoms. The van der Waals surface area contributed by atoms with Crippen molar-refractivity contribution < 1.29 is 17.9 Å². The van der Waals surface area contributed by atoms with Crippen LogP contribution in [0.25, 0.3) is 0 Å². The second-order valence-electron chi connectivity index (χ2n) is 7.07. The zero-order valence-corrected chi connectivity index (χ0v) is 13.4. The highest BCUT2D eigenvalue weighted by Gasteiger charge is 2.49. The molecule has 120 valence electrons. The first-order valence-electron chi connectivity index (χ1n) is 8.03. The Balaban J connectivity index is 1.54. The Bertz CT molecular complexity index is 474. The average molecular weight is 315 g/mol. The quantitative estimate of drug-likeness (QED) is 0.757. The van der Waals surface area contributed by atoms with Crippen LogP contribution in [-0.2, 0) is 19.6 Å². The monoisotopic (exact) mass is 315 g/mol. The number of hydrogen-bond acceptors (Lipinski definition) is 4. The predicted octanol–water partition coefficient (Wildman–Crippen LogP) is 1.68. The van der Waals surface area contributed by atoms with Crippen molar-refractivity contribution in [2.45, 2.75) is 51.0 Å². The third kappa shape index (κ3) is 3.42. The summed E-state index contributed by atoms with van der Waals surface area (Å²) < 4.78 is 31.9. The molecule has 0 radical (unpaired) electrons. The predicted molar refractivity (Wildman–Crippen MR) is 79.0 cm³/mol. The van der Waals surface area contributed by atoms with Crippen LogP contribution < -0.4 is 4.72 Å². The van der Waals surface area contributed by atoms with Gasteiger partial charge in [-0.05, 0) is 62.2 Å². The number of methoxy groups -OCH3 is 1. The van der Waals surface area contributed by atoms with Crippen molar-refractivity contribution in [1.82, 2.24) is 4.72 Å². The van der Waals surface area contributed by atoms with Gasteiger partial charge >= 0.3 is 5.97 Å². The summed E-state index contributed by atoms with van der Waals surface area (Å²) in [6, 6.07) is 0.140. The zero-order chi connectivity index (χ0) is 15.0. The topological polar surface area (TPSA) is 72.5 Å². The Morgan fingerprint density at radius 2 is 1.67 bits per heavy atom. The van der Waals surface area contributed by atoms with Crippen LogP contribution in [0, 0.1) is 23.7 Å². The molecule has 4 aliphatic rings. The van der Waals surface area contributed by atoms with E-state index in [0.29, 0.717) is 18.3 Å². The molecule has 1 N–H and O–H groups in total. The molecule has 4 saturated carbocycles. The fourth-order valence-electron chi connectivity index (χ4n) is 4.89. The lowest BCUT2D eigenvalue weighted by molar-refractivity contribution is -0.140. The summed E-state index contributed by atoms with van der Waals surface area (Å²) in [7, 11) is -1.96. The molecule has 0 atom stereocenters. The van der Waals surface area contributed by atoms with Gasteiger partial charge in [-0.3, -0.25) is 4.79 Å². The Labute approximate surface area is 126 Å². The molecule has 4 bridgehead atoms. The molecule has 0 aliphatic heterocycles. The van der Waals surface area contributed by atoms with E-state index in [1.807, 2.05) is 0 Å². The summed E-state index contributed by atoms with van der Waals surface area (Å²) in [5.41, 5.74) is 0. The number of rotatable bonds is 6. The lowest BCUT2D eigenvalue weighted by Gasteiger charge is -2.54. The standard InChI is InChI=1S/C15H25NO4S/c1-20-14(17)3-2-4-21(18,19)16-15-12-6-10-5-11(8-12)9-13(15)7-10/h10-13,15-16H,2-9H2,1H3. The first-order valence-corrected chi connectivity index (χ1v) is 9.69. The van der Waals surface area contributed by atoms with E-state index < -0.39 is 10.0 Å². The van der Waals surface area contributed by atoms with E-state index in [4.69, 9.17) is 0 Å². The number of carbonyl (C=O) groups is 1. The van der Waals surface area contributed by atoms with Crippen molar-refractivity contribution >= 4 is 16.0 Å². The fraction of sp³-hybridized carbons (Fsp3) is 0.933. The van der Waals surface area contributed by atoms with Gasteiger partial charge in [0.2, 0.25) is 10.0 Å². The first-order chi connectivity index (χ1) is 9.97. The van der Waals surface area contributed by atoms with Crippen LogP contribution in [0.1, 0.15) is 44.9 Å². The second-order valence-corrected chi connectivity index (χ2v) is 8.95. The summed E-state index contributed by atoms with van der Waals surface area (Å²) in [6.45, 7) is 0. The van der Waals surface area contributed by atoms with E-state index in [2.05, 4.69) is 9.46 Å². The number of ether oxygens (including phenoxy) is 1. The van der Waals surface area contributed by atoms with Crippen LogP contribution >= 0.6 is 0 Å². The average Bonchev–Trinajstić information content (AvgIpc) is 2.41.